The van der Waals surface area contributed by atoms with Crippen LogP contribution in [0.1, 0.15) is 26.2 Å². The SMILES string of the molecule is CC(O)CCN(C)C1CCCNC1. The molecule has 1 heterocycles. The van der Waals surface area contributed by atoms with Gasteiger partial charge in [-0.3, -0.25) is 0 Å². The van der Waals surface area contributed by atoms with Crippen molar-refractivity contribution in [2.45, 2.75) is 38.3 Å². The van der Waals surface area contributed by atoms with Crippen LogP contribution in [0.4, 0.5) is 0 Å². The summed E-state index contributed by atoms with van der Waals surface area (Å²) in [6.07, 6.45) is 3.29. The summed E-state index contributed by atoms with van der Waals surface area (Å²) in [4.78, 5) is 2.36. The molecule has 78 valence electrons. The molecule has 1 fully saturated rings. The number of likely N-dealkylation sites (N-methyl/N-ethyl adjacent to an activating group) is 1. The van der Waals surface area contributed by atoms with Crippen molar-refractivity contribution in [3.63, 3.8) is 0 Å². The smallest absolute Gasteiger partial charge is 0.0524 e. The summed E-state index contributed by atoms with van der Waals surface area (Å²) in [5, 5.41) is 12.6. The van der Waals surface area contributed by atoms with Crippen LogP contribution in [0.2, 0.25) is 0 Å². The second-order valence-corrected chi connectivity index (χ2v) is 4.12. The maximum atomic E-state index is 9.16. The Hall–Kier alpha value is -0.120. The van der Waals surface area contributed by atoms with Gasteiger partial charge in [-0.15, -0.1) is 0 Å². The van der Waals surface area contributed by atoms with Crippen molar-refractivity contribution in [3.8, 4) is 0 Å². The van der Waals surface area contributed by atoms with Crippen LogP contribution in [0.5, 0.6) is 0 Å². The van der Waals surface area contributed by atoms with Gasteiger partial charge in [-0.05, 0) is 39.8 Å². The second kappa shape index (κ2) is 5.58. The molecular weight excluding hydrogens is 164 g/mol. The first-order valence-corrected chi connectivity index (χ1v) is 5.29. The summed E-state index contributed by atoms with van der Waals surface area (Å²) >= 11 is 0. The van der Waals surface area contributed by atoms with Gasteiger partial charge < -0.3 is 15.3 Å². The van der Waals surface area contributed by atoms with Crippen molar-refractivity contribution in [1.29, 1.82) is 0 Å². The first kappa shape index (κ1) is 11.0. The molecule has 0 aliphatic carbocycles. The van der Waals surface area contributed by atoms with Crippen LogP contribution >= 0.6 is 0 Å². The third kappa shape index (κ3) is 4.07. The van der Waals surface area contributed by atoms with Gasteiger partial charge in [-0.2, -0.15) is 0 Å². The maximum absolute atomic E-state index is 9.16. The molecule has 1 rings (SSSR count). The van der Waals surface area contributed by atoms with Gasteiger partial charge in [-0.1, -0.05) is 0 Å². The first-order chi connectivity index (χ1) is 6.20. The molecule has 2 unspecified atom stereocenters. The van der Waals surface area contributed by atoms with E-state index in [1.54, 1.807) is 0 Å². The molecule has 1 aliphatic rings. The lowest BCUT2D eigenvalue weighted by molar-refractivity contribution is 0.140. The molecule has 0 saturated carbocycles. The van der Waals surface area contributed by atoms with E-state index in [4.69, 9.17) is 5.11 Å². The lowest BCUT2D eigenvalue weighted by Crippen LogP contribution is -2.44. The van der Waals surface area contributed by atoms with Gasteiger partial charge in [0.25, 0.3) is 0 Å². The minimum atomic E-state index is -0.168. The highest BCUT2D eigenvalue weighted by Gasteiger charge is 2.17. The van der Waals surface area contributed by atoms with Gasteiger partial charge in [0, 0.05) is 19.1 Å². The predicted octanol–water partition coefficient (Wildman–Crippen LogP) is 0.441. The molecule has 1 aliphatic heterocycles. The van der Waals surface area contributed by atoms with Gasteiger partial charge in [0.1, 0.15) is 0 Å². The van der Waals surface area contributed by atoms with Gasteiger partial charge in [0.2, 0.25) is 0 Å². The summed E-state index contributed by atoms with van der Waals surface area (Å²) in [5.41, 5.74) is 0. The number of piperidine rings is 1. The molecule has 13 heavy (non-hydrogen) atoms. The summed E-state index contributed by atoms with van der Waals surface area (Å²) in [7, 11) is 2.15. The molecule has 0 radical (unpaired) electrons. The molecule has 1 saturated heterocycles. The minimum absolute atomic E-state index is 0.168. The van der Waals surface area contributed by atoms with Gasteiger partial charge in [0.15, 0.2) is 0 Å². The summed E-state index contributed by atoms with van der Waals surface area (Å²) in [5.74, 6) is 0. The van der Waals surface area contributed by atoms with Crippen LogP contribution in [0.15, 0.2) is 0 Å². The topological polar surface area (TPSA) is 35.5 Å². The third-order valence-electron chi connectivity index (χ3n) is 2.79. The molecule has 0 bridgehead atoms. The Morgan fingerprint density at radius 3 is 2.92 bits per heavy atom. The largest absolute Gasteiger partial charge is 0.393 e. The molecular formula is C10H22N2O. The molecule has 3 nitrogen and oxygen atoms in total. The lowest BCUT2D eigenvalue weighted by atomic mass is 10.1. The van der Waals surface area contributed by atoms with E-state index in [1.165, 1.54) is 19.4 Å². The number of aliphatic hydroxyl groups is 1. The molecule has 0 aromatic heterocycles. The Kier molecular flexibility index (Phi) is 4.70. The first-order valence-electron chi connectivity index (χ1n) is 5.29. The molecule has 2 atom stereocenters. The number of hydrogen-bond donors (Lipinski definition) is 2. The van der Waals surface area contributed by atoms with Crippen molar-refractivity contribution >= 4 is 0 Å². The van der Waals surface area contributed by atoms with Crippen molar-refractivity contribution in [2.24, 2.45) is 0 Å². The average molecular weight is 186 g/mol. The average Bonchev–Trinajstić information content (AvgIpc) is 2.15. The van der Waals surface area contributed by atoms with Crippen molar-refractivity contribution in [1.82, 2.24) is 10.2 Å². The molecule has 3 heteroatoms. The standard InChI is InChI=1S/C10H22N2O/c1-9(13)5-7-12(2)10-4-3-6-11-8-10/h9-11,13H,3-8H2,1-2H3. The highest BCUT2D eigenvalue weighted by Crippen LogP contribution is 2.09. The Labute approximate surface area is 81.1 Å². The Balaban J connectivity index is 2.17. The summed E-state index contributed by atoms with van der Waals surface area (Å²) in [6, 6.07) is 0.674. The fourth-order valence-corrected chi connectivity index (χ4v) is 1.78. The van der Waals surface area contributed by atoms with E-state index in [0.717, 1.165) is 19.5 Å². The predicted molar refractivity (Wildman–Crippen MR) is 54.8 cm³/mol. The fourth-order valence-electron chi connectivity index (χ4n) is 1.78. The zero-order chi connectivity index (χ0) is 9.68. The highest BCUT2D eigenvalue weighted by atomic mass is 16.3. The van der Waals surface area contributed by atoms with Crippen LogP contribution in [-0.2, 0) is 0 Å². The van der Waals surface area contributed by atoms with Crippen molar-refractivity contribution < 1.29 is 5.11 Å². The van der Waals surface area contributed by atoms with Crippen LogP contribution in [0, 0.1) is 0 Å². The summed E-state index contributed by atoms with van der Waals surface area (Å²) < 4.78 is 0. The third-order valence-corrected chi connectivity index (χ3v) is 2.79. The second-order valence-electron chi connectivity index (χ2n) is 4.12. The number of rotatable bonds is 4. The van der Waals surface area contributed by atoms with E-state index in [2.05, 4.69) is 17.3 Å². The van der Waals surface area contributed by atoms with Gasteiger partial charge in [0.05, 0.1) is 6.10 Å². The van der Waals surface area contributed by atoms with E-state index in [0.29, 0.717) is 6.04 Å². The van der Waals surface area contributed by atoms with E-state index in [1.807, 2.05) is 6.92 Å². The molecule has 0 spiro atoms. The highest BCUT2D eigenvalue weighted by molar-refractivity contribution is 4.76. The van der Waals surface area contributed by atoms with E-state index >= 15 is 0 Å². The fraction of sp³-hybridized carbons (Fsp3) is 1.00. The zero-order valence-corrected chi connectivity index (χ0v) is 8.79. The van der Waals surface area contributed by atoms with Gasteiger partial charge in [-0.25, -0.2) is 0 Å². The number of nitrogens with one attached hydrogen (secondary N) is 1. The van der Waals surface area contributed by atoms with E-state index in [9.17, 15) is 0 Å². The lowest BCUT2D eigenvalue weighted by Gasteiger charge is -2.31. The van der Waals surface area contributed by atoms with Crippen LogP contribution in [0.25, 0.3) is 0 Å². The Bertz CT molecular complexity index is 133. The molecule has 0 aromatic rings. The zero-order valence-electron chi connectivity index (χ0n) is 8.79. The monoisotopic (exact) mass is 186 g/mol. The van der Waals surface area contributed by atoms with Crippen molar-refractivity contribution in [3.05, 3.63) is 0 Å². The van der Waals surface area contributed by atoms with Crippen LogP contribution in [0.3, 0.4) is 0 Å². The Morgan fingerprint density at radius 2 is 2.38 bits per heavy atom. The van der Waals surface area contributed by atoms with E-state index in [-0.39, 0.29) is 6.10 Å². The van der Waals surface area contributed by atoms with Crippen LogP contribution < -0.4 is 5.32 Å². The normalized spacial score (nSPS) is 26.3. The van der Waals surface area contributed by atoms with Gasteiger partial charge >= 0.3 is 0 Å². The summed E-state index contributed by atoms with van der Waals surface area (Å²) in [6.45, 7) is 5.13. The quantitative estimate of drug-likeness (QED) is 0.669. The Morgan fingerprint density at radius 1 is 1.62 bits per heavy atom. The number of hydrogen-bond acceptors (Lipinski definition) is 3. The number of aliphatic hydroxyl groups excluding tert-OH is 1. The molecule has 0 amide bonds. The van der Waals surface area contributed by atoms with Crippen molar-refractivity contribution in [2.75, 3.05) is 26.7 Å². The molecule has 0 aromatic carbocycles. The minimum Gasteiger partial charge on any atom is -0.393 e. The molecule has 2 N–H and O–H groups in total. The van der Waals surface area contributed by atoms with Crippen LogP contribution in [-0.4, -0.2) is 48.8 Å². The number of nitrogens with zero attached hydrogens (tertiary/aromatic N) is 1. The maximum Gasteiger partial charge on any atom is 0.0524 e. The van der Waals surface area contributed by atoms with E-state index < -0.39 is 0 Å².